The van der Waals surface area contributed by atoms with Crippen molar-refractivity contribution >= 4 is 11.8 Å². The van der Waals surface area contributed by atoms with Crippen LogP contribution in [0.5, 0.6) is 5.75 Å². The number of likely N-dealkylation sites (tertiary alicyclic amines) is 1. The number of nitrogens with zero attached hydrogens (tertiary/aromatic N) is 2. The summed E-state index contributed by atoms with van der Waals surface area (Å²) in [4.78, 5) is 32.3. The van der Waals surface area contributed by atoms with Crippen molar-refractivity contribution in [3.05, 3.63) is 84.2 Å². The van der Waals surface area contributed by atoms with Gasteiger partial charge in [0, 0.05) is 38.1 Å². The SMILES string of the molecule is CNC(=O)[C@@]1(Cc2ccccc2-c2cccnc2)CCN(C(=O)Cc2cccc(OC)c2)C1. The van der Waals surface area contributed by atoms with E-state index in [0.29, 0.717) is 25.9 Å². The Balaban J connectivity index is 1.56. The van der Waals surface area contributed by atoms with Gasteiger partial charge in [-0.3, -0.25) is 14.6 Å². The molecule has 0 bridgehead atoms. The van der Waals surface area contributed by atoms with Gasteiger partial charge in [-0.25, -0.2) is 0 Å². The predicted molar refractivity (Wildman–Crippen MR) is 128 cm³/mol. The van der Waals surface area contributed by atoms with Crippen LogP contribution >= 0.6 is 0 Å². The van der Waals surface area contributed by atoms with Crippen LogP contribution in [0.15, 0.2) is 73.1 Å². The summed E-state index contributed by atoms with van der Waals surface area (Å²) in [7, 11) is 3.28. The number of amides is 2. The molecule has 0 radical (unpaired) electrons. The molecule has 6 heteroatoms. The zero-order valence-electron chi connectivity index (χ0n) is 19.1. The van der Waals surface area contributed by atoms with Crippen LogP contribution in [0.3, 0.4) is 0 Å². The van der Waals surface area contributed by atoms with Crippen LogP contribution in [-0.2, 0) is 22.4 Å². The van der Waals surface area contributed by atoms with Crippen molar-refractivity contribution in [1.29, 1.82) is 0 Å². The predicted octanol–water partition coefficient (Wildman–Crippen LogP) is 3.51. The molecule has 4 rings (SSSR count). The lowest BCUT2D eigenvalue weighted by molar-refractivity contribution is -0.132. The average Bonchev–Trinajstić information content (AvgIpc) is 3.30. The van der Waals surface area contributed by atoms with Gasteiger partial charge < -0.3 is 15.0 Å². The summed E-state index contributed by atoms with van der Waals surface area (Å²) in [6.07, 6.45) is 5.05. The highest BCUT2D eigenvalue weighted by Gasteiger charge is 2.45. The van der Waals surface area contributed by atoms with Crippen LogP contribution in [0.4, 0.5) is 0 Å². The molecule has 1 saturated heterocycles. The van der Waals surface area contributed by atoms with Crippen LogP contribution in [0.1, 0.15) is 17.5 Å². The van der Waals surface area contributed by atoms with Gasteiger partial charge in [0.2, 0.25) is 11.8 Å². The maximum atomic E-state index is 13.1. The number of carbonyl (C=O) groups is 2. The van der Waals surface area contributed by atoms with Crippen molar-refractivity contribution in [3.63, 3.8) is 0 Å². The fourth-order valence-electron chi connectivity index (χ4n) is 4.67. The van der Waals surface area contributed by atoms with E-state index in [0.717, 1.165) is 28.0 Å². The maximum absolute atomic E-state index is 13.1. The zero-order valence-corrected chi connectivity index (χ0v) is 19.1. The molecule has 2 amide bonds. The van der Waals surface area contributed by atoms with E-state index in [2.05, 4.69) is 22.4 Å². The van der Waals surface area contributed by atoms with Gasteiger partial charge in [0.25, 0.3) is 0 Å². The van der Waals surface area contributed by atoms with Crippen molar-refractivity contribution in [3.8, 4) is 16.9 Å². The summed E-state index contributed by atoms with van der Waals surface area (Å²) in [5.74, 6) is 0.725. The molecule has 170 valence electrons. The molecule has 6 nitrogen and oxygen atoms in total. The Morgan fingerprint density at radius 1 is 1.12 bits per heavy atom. The fraction of sp³-hybridized carbons (Fsp3) is 0.296. The van der Waals surface area contributed by atoms with Gasteiger partial charge >= 0.3 is 0 Å². The molecule has 0 aliphatic carbocycles. The summed E-state index contributed by atoms with van der Waals surface area (Å²) in [5, 5.41) is 2.85. The number of carbonyl (C=O) groups excluding carboxylic acids is 2. The van der Waals surface area contributed by atoms with E-state index < -0.39 is 5.41 Å². The number of hydrogen-bond acceptors (Lipinski definition) is 4. The van der Waals surface area contributed by atoms with Gasteiger partial charge in [-0.1, -0.05) is 42.5 Å². The first-order valence-corrected chi connectivity index (χ1v) is 11.2. The van der Waals surface area contributed by atoms with E-state index in [1.165, 1.54) is 0 Å². The first-order valence-electron chi connectivity index (χ1n) is 11.2. The molecular formula is C27H29N3O3. The topological polar surface area (TPSA) is 71.5 Å². The van der Waals surface area contributed by atoms with Crippen LogP contribution < -0.4 is 10.1 Å². The Kier molecular flexibility index (Phi) is 6.73. The smallest absolute Gasteiger partial charge is 0.228 e. The Bertz CT molecular complexity index is 1130. The third kappa shape index (κ3) is 4.90. The summed E-state index contributed by atoms with van der Waals surface area (Å²) < 4.78 is 5.27. The standard InChI is InChI=1S/C27H29N3O3/c1-28-26(32)27(17-21-8-3-4-11-24(21)22-9-6-13-29-18-22)12-14-30(19-27)25(31)16-20-7-5-10-23(15-20)33-2/h3-11,13,15,18H,12,14,16-17,19H2,1-2H3,(H,28,32)/t27-/m1/s1. The molecule has 1 N–H and O–H groups in total. The Morgan fingerprint density at radius 2 is 1.97 bits per heavy atom. The number of rotatable bonds is 7. The van der Waals surface area contributed by atoms with Gasteiger partial charge in [0.1, 0.15) is 5.75 Å². The number of ether oxygens (including phenoxy) is 1. The molecule has 3 aromatic rings. The fourth-order valence-corrected chi connectivity index (χ4v) is 4.67. The largest absolute Gasteiger partial charge is 0.497 e. The minimum atomic E-state index is -0.670. The number of aromatic nitrogens is 1. The molecule has 33 heavy (non-hydrogen) atoms. The number of nitrogens with one attached hydrogen (secondary N) is 1. The third-order valence-corrected chi connectivity index (χ3v) is 6.42. The van der Waals surface area contributed by atoms with Crippen molar-refractivity contribution < 1.29 is 14.3 Å². The van der Waals surface area contributed by atoms with E-state index in [1.807, 2.05) is 59.6 Å². The van der Waals surface area contributed by atoms with E-state index in [1.54, 1.807) is 20.4 Å². The Labute approximate surface area is 194 Å². The normalized spacial score (nSPS) is 17.6. The third-order valence-electron chi connectivity index (χ3n) is 6.42. The van der Waals surface area contributed by atoms with Gasteiger partial charge in [-0.05, 0) is 47.7 Å². The number of hydrogen-bond donors (Lipinski definition) is 1. The minimum absolute atomic E-state index is 0.0228. The number of pyridine rings is 1. The molecule has 1 aliphatic heterocycles. The van der Waals surface area contributed by atoms with E-state index >= 15 is 0 Å². The summed E-state index contributed by atoms with van der Waals surface area (Å²) in [5.41, 5.74) is 3.39. The second-order valence-corrected chi connectivity index (χ2v) is 8.53. The molecule has 0 spiro atoms. The maximum Gasteiger partial charge on any atom is 0.228 e. The van der Waals surface area contributed by atoms with Crippen molar-refractivity contribution in [2.45, 2.75) is 19.3 Å². The minimum Gasteiger partial charge on any atom is -0.497 e. The molecule has 1 aliphatic rings. The lowest BCUT2D eigenvalue weighted by Gasteiger charge is -2.28. The van der Waals surface area contributed by atoms with Gasteiger partial charge in [0.05, 0.1) is 18.9 Å². The highest BCUT2D eigenvalue weighted by atomic mass is 16.5. The van der Waals surface area contributed by atoms with Crippen molar-refractivity contribution in [1.82, 2.24) is 15.2 Å². The summed E-state index contributed by atoms with van der Waals surface area (Å²) >= 11 is 0. The van der Waals surface area contributed by atoms with E-state index in [-0.39, 0.29) is 18.2 Å². The highest BCUT2D eigenvalue weighted by Crippen LogP contribution is 2.37. The second-order valence-electron chi connectivity index (χ2n) is 8.53. The molecular weight excluding hydrogens is 414 g/mol. The van der Waals surface area contributed by atoms with Gasteiger partial charge in [-0.2, -0.15) is 0 Å². The monoisotopic (exact) mass is 443 g/mol. The lowest BCUT2D eigenvalue weighted by atomic mass is 9.78. The Hall–Kier alpha value is -3.67. The number of benzene rings is 2. The van der Waals surface area contributed by atoms with Crippen LogP contribution in [0.2, 0.25) is 0 Å². The molecule has 2 heterocycles. The lowest BCUT2D eigenvalue weighted by Crippen LogP contribution is -2.44. The average molecular weight is 444 g/mol. The van der Waals surface area contributed by atoms with Crippen molar-refractivity contribution in [2.75, 3.05) is 27.2 Å². The summed E-state index contributed by atoms with van der Waals surface area (Å²) in [6, 6.07) is 19.6. The summed E-state index contributed by atoms with van der Waals surface area (Å²) in [6.45, 7) is 0.960. The van der Waals surface area contributed by atoms with Gasteiger partial charge in [-0.15, -0.1) is 0 Å². The van der Waals surface area contributed by atoms with Crippen LogP contribution in [-0.4, -0.2) is 48.9 Å². The molecule has 2 aromatic carbocycles. The van der Waals surface area contributed by atoms with E-state index in [9.17, 15) is 9.59 Å². The number of methoxy groups -OCH3 is 1. The highest BCUT2D eigenvalue weighted by molar-refractivity contribution is 5.86. The molecule has 0 saturated carbocycles. The Morgan fingerprint density at radius 3 is 2.73 bits per heavy atom. The first kappa shape index (κ1) is 22.5. The molecule has 1 atom stereocenters. The van der Waals surface area contributed by atoms with Crippen molar-refractivity contribution in [2.24, 2.45) is 5.41 Å². The molecule has 1 fully saturated rings. The molecule has 1 aromatic heterocycles. The molecule has 0 unspecified atom stereocenters. The van der Waals surface area contributed by atoms with Crippen LogP contribution in [0.25, 0.3) is 11.1 Å². The van der Waals surface area contributed by atoms with E-state index in [4.69, 9.17) is 4.74 Å². The quantitative estimate of drug-likeness (QED) is 0.607. The van der Waals surface area contributed by atoms with Gasteiger partial charge in [0.15, 0.2) is 0 Å². The van der Waals surface area contributed by atoms with Crippen LogP contribution in [0, 0.1) is 5.41 Å². The zero-order chi connectivity index (χ0) is 23.3. The second kappa shape index (κ2) is 9.86. The first-order chi connectivity index (χ1) is 16.0.